The Hall–Kier alpha value is -2.28. The van der Waals surface area contributed by atoms with E-state index in [1.54, 1.807) is 37.8 Å². The van der Waals surface area contributed by atoms with Gasteiger partial charge >= 0.3 is 0 Å². The lowest BCUT2D eigenvalue weighted by molar-refractivity contribution is 0.0437. The van der Waals surface area contributed by atoms with Crippen LogP contribution >= 0.6 is 0 Å². The first-order valence-electron chi connectivity index (χ1n) is 7.86. The highest BCUT2D eigenvalue weighted by Gasteiger charge is 2.25. The highest BCUT2D eigenvalue weighted by molar-refractivity contribution is 5.79. The standard InChI is InChI=1S/C16H25N5O2/c1-3-18-15(19-7-5-9-21-10-8-17-13-21)20-12-16(2,22)14-6-4-11-23-14/h4,6,8,10-11,13,22H,3,5,7,9,12H2,1-2H3,(H2,18,19,20). The molecule has 0 fully saturated rings. The van der Waals surface area contributed by atoms with Crippen molar-refractivity contribution in [1.82, 2.24) is 20.2 Å². The summed E-state index contributed by atoms with van der Waals surface area (Å²) in [6.07, 6.45) is 8.03. The summed E-state index contributed by atoms with van der Waals surface area (Å²) in [5.74, 6) is 1.20. The fourth-order valence-electron chi connectivity index (χ4n) is 2.13. The molecule has 2 heterocycles. The van der Waals surface area contributed by atoms with E-state index in [2.05, 4.69) is 20.6 Å². The third-order valence-electron chi connectivity index (χ3n) is 3.39. The lowest BCUT2D eigenvalue weighted by atomic mass is 10.0. The van der Waals surface area contributed by atoms with Crippen LogP contribution in [-0.2, 0) is 12.1 Å². The lowest BCUT2D eigenvalue weighted by Crippen LogP contribution is -2.39. The zero-order valence-corrected chi connectivity index (χ0v) is 13.7. The van der Waals surface area contributed by atoms with Crippen LogP contribution in [0.25, 0.3) is 0 Å². The molecule has 23 heavy (non-hydrogen) atoms. The van der Waals surface area contributed by atoms with Gasteiger partial charge in [-0.1, -0.05) is 0 Å². The second-order valence-electron chi connectivity index (χ2n) is 5.53. The average molecular weight is 319 g/mol. The summed E-state index contributed by atoms with van der Waals surface area (Å²) in [6, 6.07) is 3.51. The number of nitrogens with zero attached hydrogens (tertiary/aromatic N) is 3. The molecule has 0 spiro atoms. The van der Waals surface area contributed by atoms with Crippen LogP contribution < -0.4 is 10.6 Å². The first-order chi connectivity index (χ1) is 11.1. The minimum Gasteiger partial charge on any atom is -0.466 e. The summed E-state index contributed by atoms with van der Waals surface area (Å²) in [5, 5.41) is 16.9. The summed E-state index contributed by atoms with van der Waals surface area (Å²) in [4.78, 5) is 8.46. The van der Waals surface area contributed by atoms with Crippen LogP contribution in [-0.4, -0.2) is 40.3 Å². The maximum atomic E-state index is 10.4. The Kier molecular flexibility index (Phi) is 6.22. The lowest BCUT2D eigenvalue weighted by Gasteiger charge is -2.19. The molecule has 0 bridgehead atoms. The van der Waals surface area contributed by atoms with Crippen molar-refractivity contribution in [3.63, 3.8) is 0 Å². The van der Waals surface area contributed by atoms with Gasteiger partial charge < -0.3 is 24.7 Å². The van der Waals surface area contributed by atoms with E-state index >= 15 is 0 Å². The molecule has 0 aromatic carbocycles. The van der Waals surface area contributed by atoms with E-state index in [9.17, 15) is 5.11 Å². The molecule has 0 aliphatic heterocycles. The van der Waals surface area contributed by atoms with E-state index in [-0.39, 0.29) is 6.54 Å². The van der Waals surface area contributed by atoms with Gasteiger partial charge in [-0.2, -0.15) is 0 Å². The smallest absolute Gasteiger partial charge is 0.191 e. The van der Waals surface area contributed by atoms with E-state index in [4.69, 9.17) is 4.42 Å². The Morgan fingerprint density at radius 3 is 3.00 bits per heavy atom. The van der Waals surface area contributed by atoms with Gasteiger partial charge in [-0.25, -0.2) is 9.98 Å². The van der Waals surface area contributed by atoms with Crippen LogP contribution in [0, 0.1) is 0 Å². The predicted molar refractivity (Wildman–Crippen MR) is 89.1 cm³/mol. The van der Waals surface area contributed by atoms with Crippen LogP contribution in [0.3, 0.4) is 0 Å². The van der Waals surface area contributed by atoms with Crippen molar-refractivity contribution < 1.29 is 9.52 Å². The molecule has 2 rings (SSSR count). The summed E-state index contributed by atoms with van der Waals surface area (Å²) in [5.41, 5.74) is -1.12. The Balaban J connectivity index is 1.82. The number of aliphatic imine (C=N–C) groups is 1. The second kappa shape index (κ2) is 8.38. The third kappa shape index (κ3) is 5.45. The number of guanidine groups is 1. The van der Waals surface area contributed by atoms with Gasteiger partial charge in [0.15, 0.2) is 5.96 Å². The minimum absolute atomic E-state index is 0.220. The summed E-state index contributed by atoms with van der Waals surface area (Å²) in [6.45, 7) is 6.36. The maximum Gasteiger partial charge on any atom is 0.191 e. The van der Waals surface area contributed by atoms with Gasteiger partial charge in [0.2, 0.25) is 0 Å². The van der Waals surface area contributed by atoms with E-state index in [0.29, 0.717) is 11.7 Å². The van der Waals surface area contributed by atoms with Crippen LogP contribution in [0.5, 0.6) is 0 Å². The van der Waals surface area contributed by atoms with Crippen LogP contribution in [0.1, 0.15) is 26.0 Å². The predicted octanol–water partition coefficient (Wildman–Crippen LogP) is 1.33. The number of furan rings is 1. The van der Waals surface area contributed by atoms with Gasteiger partial charge in [0.05, 0.1) is 19.1 Å². The third-order valence-corrected chi connectivity index (χ3v) is 3.39. The number of hydrogen-bond donors (Lipinski definition) is 3. The molecule has 2 aromatic heterocycles. The fraction of sp³-hybridized carbons (Fsp3) is 0.500. The molecular weight excluding hydrogens is 294 g/mol. The van der Waals surface area contributed by atoms with E-state index in [1.165, 1.54) is 0 Å². The average Bonchev–Trinajstić information content (AvgIpc) is 3.22. The maximum absolute atomic E-state index is 10.4. The molecule has 0 radical (unpaired) electrons. The largest absolute Gasteiger partial charge is 0.466 e. The molecule has 126 valence electrons. The topological polar surface area (TPSA) is 87.6 Å². The van der Waals surface area contributed by atoms with Crippen molar-refractivity contribution >= 4 is 5.96 Å². The number of nitrogens with one attached hydrogen (secondary N) is 2. The highest BCUT2D eigenvalue weighted by atomic mass is 16.4. The van der Waals surface area contributed by atoms with Crippen molar-refractivity contribution in [1.29, 1.82) is 0 Å². The number of imidazole rings is 1. The minimum atomic E-state index is -1.12. The number of aliphatic hydroxyl groups is 1. The molecule has 1 unspecified atom stereocenters. The van der Waals surface area contributed by atoms with Gasteiger partial charge in [-0.3, -0.25) is 0 Å². The van der Waals surface area contributed by atoms with E-state index in [1.807, 2.05) is 17.7 Å². The van der Waals surface area contributed by atoms with Crippen molar-refractivity contribution in [3.05, 3.63) is 42.9 Å². The van der Waals surface area contributed by atoms with E-state index < -0.39 is 5.60 Å². The molecule has 1 atom stereocenters. The Morgan fingerprint density at radius 1 is 1.48 bits per heavy atom. The van der Waals surface area contributed by atoms with Crippen LogP contribution in [0.2, 0.25) is 0 Å². The molecule has 0 saturated carbocycles. The molecular formula is C16H25N5O2. The van der Waals surface area contributed by atoms with Crippen LogP contribution in [0.15, 0.2) is 46.5 Å². The first kappa shape index (κ1) is 17.1. The summed E-state index contributed by atoms with van der Waals surface area (Å²) >= 11 is 0. The van der Waals surface area contributed by atoms with Crippen molar-refractivity contribution in [3.8, 4) is 0 Å². The monoisotopic (exact) mass is 319 g/mol. The molecule has 0 saturated heterocycles. The normalized spacial score (nSPS) is 14.5. The van der Waals surface area contributed by atoms with Crippen molar-refractivity contribution in [2.75, 3.05) is 19.6 Å². The summed E-state index contributed by atoms with van der Waals surface area (Å²) < 4.78 is 7.30. The van der Waals surface area contributed by atoms with Crippen molar-refractivity contribution in [2.24, 2.45) is 4.99 Å². The zero-order valence-electron chi connectivity index (χ0n) is 13.7. The second-order valence-corrected chi connectivity index (χ2v) is 5.53. The van der Waals surface area contributed by atoms with E-state index in [0.717, 1.165) is 26.1 Å². The number of rotatable bonds is 8. The fourth-order valence-corrected chi connectivity index (χ4v) is 2.13. The van der Waals surface area contributed by atoms with Crippen LogP contribution in [0.4, 0.5) is 0 Å². The Bertz CT molecular complexity index is 576. The summed E-state index contributed by atoms with van der Waals surface area (Å²) in [7, 11) is 0. The highest BCUT2D eigenvalue weighted by Crippen LogP contribution is 2.20. The quantitative estimate of drug-likeness (QED) is 0.388. The molecule has 0 amide bonds. The van der Waals surface area contributed by atoms with Gasteiger partial charge in [0.1, 0.15) is 11.4 Å². The first-order valence-corrected chi connectivity index (χ1v) is 7.86. The van der Waals surface area contributed by atoms with Gasteiger partial charge in [0, 0.05) is 32.0 Å². The number of aryl methyl sites for hydroxylation is 1. The van der Waals surface area contributed by atoms with Crippen molar-refractivity contribution in [2.45, 2.75) is 32.4 Å². The Morgan fingerprint density at radius 2 is 2.35 bits per heavy atom. The van der Waals surface area contributed by atoms with Gasteiger partial charge in [-0.05, 0) is 32.4 Å². The molecule has 3 N–H and O–H groups in total. The SMILES string of the molecule is CCNC(=NCC(C)(O)c1ccco1)NCCCn1ccnc1. The Labute approximate surface area is 136 Å². The molecule has 0 aliphatic rings. The zero-order chi connectivity index (χ0) is 16.5. The number of hydrogen-bond acceptors (Lipinski definition) is 4. The molecule has 7 nitrogen and oxygen atoms in total. The molecule has 2 aromatic rings. The molecule has 0 aliphatic carbocycles. The van der Waals surface area contributed by atoms with Gasteiger partial charge in [0.25, 0.3) is 0 Å². The van der Waals surface area contributed by atoms with Gasteiger partial charge in [-0.15, -0.1) is 0 Å². The number of aromatic nitrogens is 2. The molecule has 7 heteroatoms.